The smallest absolute Gasteiger partial charge is 0.246 e. The van der Waals surface area contributed by atoms with Crippen LogP contribution in [0.15, 0.2) is 30.0 Å². The number of anilines is 1. The molecule has 24 heavy (non-hydrogen) atoms. The standard InChI is InChI=1S/C20H25N3O/c1-2-14-8-17-12-23(13-18(17)9-14)19(24)6-5-15-10-16-4-3-7-21-20(16)22-11-15/h5-6,8,10-11,17-18H,2-4,7,9,12-13H2,1H3,(H,21,22)/b6-5+. The van der Waals surface area contributed by atoms with Gasteiger partial charge in [-0.25, -0.2) is 4.98 Å². The van der Waals surface area contributed by atoms with Gasteiger partial charge in [-0.05, 0) is 60.8 Å². The minimum atomic E-state index is 0.131. The van der Waals surface area contributed by atoms with Crippen LogP contribution in [0.3, 0.4) is 0 Å². The second-order valence-electron chi connectivity index (χ2n) is 7.19. The number of aryl methyl sites for hydroxylation is 1. The summed E-state index contributed by atoms with van der Waals surface area (Å²) < 4.78 is 0. The number of rotatable bonds is 3. The summed E-state index contributed by atoms with van der Waals surface area (Å²) in [6.45, 7) is 5.00. The molecule has 1 saturated heterocycles. The highest BCUT2D eigenvalue weighted by molar-refractivity contribution is 5.92. The maximum atomic E-state index is 12.5. The zero-order valence-corrected chi connectivity index (χ0v) is 14.3. The molecular weight excluding hydrogens is 298 g/mol. The van der Waals surface area contributed by atoms with Crippen molar-refractivity contribution in [1.29, 1.82) is 0 Å². The van der Waals surface area contributed by atoms with Crippen LogP contribution in [0.4, 0.5) is 5.82 Å². The third-order valence-corrected chi connectivity index (χ3v) is 5.55. The summed E-state index contributed by atoms with van der Waals surface area (Å²) in [5, 5.41) is 3.31. The molecule has 0 bridgehead atoms. The lowest BCUT2D eigenvalue weighted by atomic mass is 10.00. The lowest BCUT2D eigenvalue weighted by molar-refractivity contribution is -0.125. The molecule has 3 heterocycles. The van der Waals surface area contributed by atoms with Crippen molar-refractivity contribution in [2.45, 2.75) is 32.6 Å². The summed E-state index contributed by atoms with van der Waals surface area (Å²) in [5.41, 5.74) is 3.84. The Kier molecular flexibility index (Phi) is 4.13. The van der Waals surface area contributed by atoms with E-state index in [-0.39, 0.29) is 5.91 Å². The van der Waals surface area contributed by atoms with E-state index in [1.54, 1.807) is 11.6 Å². The van der Waals surface area contributed by atoms with Crippen molar-refractivity contribution in [3.63, 3.8) is 0 Å². The first kappa shape index (κ1) is 15.4. The third-order valence-electron chi connectivity index (χ3n) is 5.55. The zero-order valence-electron chi connectivity index (χ0n) is 14.3. The van der Waals surface area contributed by atoms with E-state index in [0.717, 1.165) is 50.3 Å². The fraction of sp³-hybridized carbons (Fsp3) is 0.500. The first-order valence-corrected chi connectivity index (χ1v) is 9.12. The second-order valence-corrected chi connectivity index (χ2v) is 7.19. The van der Waals surface area contributed by atoms with Crippen LogP contribution in [0.25, 0.3) is 6.08 Å². The van der Waals surface area contributed by atoms with E-state index in [2.05, 4.69) is 29.4 Å². The molecule has 0 radical (unpaired) electrons. The normalized spacial score (nSPS) is 25.4. The molecule has 4 rings (SSSR count). The van der Waals surface area contributed by atoms with Gasteiger partial charge in [-0.15, -0.1) is 0 Å². The van der Waals surface area contributed by atoms with E-state index in [1.165, 1.54) is 12.0 Å². The first-order valence-electron chi connectivity index (χ1n) is 9.12. The Morgan fingerprint density at radius 3 is 3.21 bits per heavy atom. The quantitative estimate of drug-likeness (QED) is 0.686. The van der Waals surface area contributed by atoms with Gasteiger partial charge in [-0.2, -0.15) is 0 Å². The number of nitrogens with zero attached hydrogens (tertiary/aromatic N) is 2. The van der Waals surface area contributed by atoms with Gasteiger partial charge in [0.15, 0.2) is 0 Å². The van der Waals surface area contributed by atoms with Crippen LogP contribution in [-0.2, 0) is 11.2 Å². The minimum absolute atomic E-state index is 0.131. The summed E-state index contributed by atoms with van der Waals surface area (Å²) >= 11 is 0. The Labute approximate surface area is 143 Å². The van der Waals surface area contributed by atoms with Crippen molar-refractivity contribution in [1.82, 2.24) is 9.88 Å². The second kappa shape index (κ2) is 6.42. The largest absolute Gasteiger partial charge is 0.370 e. The van der Waals surface area contributed by atoms with Gasteiger partial charge in [-0.3, -0.25) is 4.79 Å². The molecule has 0 spiro atoms. The molecule has 1 aromatic rings. The van der Waals surface area contributed by atoms with E-state index in [9.17, 15) is 4.79 Å². The number of likely N-dealkylation sites (tertiary alicyclic amines) is 1. The number of fused-ring (bicyclic) bond motifs is 2. The third kappa shape index (κ3) is 2.97. The summed E-state index contributed by atoms with van der Waals surface area (Å²) in [5.74, 6) is 2.35. The molecule has 2 unspecified atom stereocenters. The number of carbonyl (C=O) groups is 1. The summed E-state index contributed by atoms with van der Waals surface area (Å²) in [6.07, 6.45) is 12.4. The average molecular weight is 323 g/mol. The van der Waals surface area contributed by atoms with Crippen molar-refractivity contribution in [2.75, 3.05) is 25.0 Å². The van der Waals surface area contributed by atoms with Gasteiger partial charge in [0.25, 0.3) is 0 Å². The monoisotopic (exact) mass is 323 g/mol. The number of hydrogen-bond acceptors (Lipinski definition) is 3. The van der Waals surface area contributed by atoms with Gasteiger partial charge in [0.05, 0.1) is 0 Å². The van der Waals surface area contributed by atoms with Crippen LogP contribution >= 0.6 is 0 Å². The first-order chi connectivity index (χ1) is 11.7. The number of amides is 1. The van der Waals surface area contributed by atoms with E-state index >= 15 is 0 Å². The van der Waals surface area contributed by atoms with Gasteiger partial charge in [0.1, 0.15) is 5.82 Å². The molecule has 1 amide bonds. The lowest BCUT2D eigenvalue weighted by Gasteiger charge is -2.17. The fourth-order valence-corrected chi connectivity index (χ4v) is 4.18. The predicted octanol–water partition coefficient (Wildman–Crippen LogP) is 3.27. The topological polar surface area (TPSA) is 45.2 Å². The average Bonchev–Trinajstić information content (AvgIpc) is 3.18. The van der Waals surface area contributed by atoms with Gasteiger partial charge < -0.3 is 10.2 Å². The highest BCUT2D eigenvalue weighted by Gasteiger charge is 2.36. The van der Waals surface area contributed by atoms with Crippen LogP contribution in [0.2, 0.25) is 0 Å². The van der Waals surface area contributed by atoms with Crippen molar-refractivity contribution in [3.05, 3.63) is 41.1 Å². The van der Waals surface area contributed by atoms with Gasteiger partial charge in [0.2, 0.25) is 5.91 Å². The van der Waals surface area contributed by atoms with E-state index in [0.29, 0.717) is 11.8 Å². The molecule has 4 nitrogen and oxygen atoms in total. The number of pyridine rings is 1. The number of carbonyl (C=O) groups excluding carboxylic acids is 1. The Bertz CT molecular complexity index is 707. The zero-order chi connectivity index (χ0) is 16.5. The van der Waals surface area contributed by atoms with Gasteiger partial charge in [-0.1, -0.05) is 18.6 Å². The summed E-state index contributed by atoms with van der Waals surface area (Å²) in [6, 6.07) is 2.15. The Morgan fingerprint density at radius 2 is 2.38 bits per heavy atom. The molecule has 1 fully saturated rings. The lowest BCUT2D eigenvalue weighted by Crippen LogP contribution is -2.27. The number of hydrogen-bond donors (Lipinski definition) is 1. The molecular formula is C20H25N3O. The maximum Gasteiger partial charge on any atom is 0.246 e. The Morgan fingerprint density at radius 1 is 1.46 bits per heavy atom. The van der Waals surface area contributed by atoms with Crippen molar-refractivity contribution < 1.29 is 4.79 Å². The number of aromatic nitrogens is 1. The maximum absolute atomic E-state index is 12.5. The highest BCUT2D eigenvalue weighted by atomic mass is 16.2. The number of allylic oxidation sites excluding steroid dienone is 1. The molecule has 3 aliphatic rings. The van der Waals surface area contributed by atoms with E-state index in [4.69, 9.17) is 0 Å². The molecule has 2 aliphatic heterocycles. The molecule has 1 aromatic heterocycles. The highest BCUT2D eigenvalue weighted by Crippen LogP contribution is 2.37. The van der Waals surface area contributed by atoms with Crippen LogP contribution in [0.5, 0.6) is 0 Å². The Balaban J connectivity index is 1.40. The summed E-state index contributed by atoms with van der Waals surface area (Å²) in [7, 11) is 0. The predicted molar refractivity (Wildman–Crippen MR) is 96.6 cm³/mol. The van der Waals surface area contributed by atoms with Crippen molar-refractivity contribution >= 4 is 17.8 Å². The molecule has 0 saturated carbocycles. The fourth-order valence-electron chi connectivity index (χ4n) is 4.18. The minimum Gasteiger partial charge on any atom is -0.370 e. The van der Waals surface area contributed by atoms with Crippen molar-refractivity contribution in [2.24, 2.45) is 11.8 Å². The van der Waals surface area contributed by atoms with E-state index < -0.39 is 0 Å². The SMILES string of the molecule is CCC1=CC2CN(C(=O)/C=C/c3cnc4c(c3)CCCN4)CC2C1. The molecule has 2 atom stereocenters. The van der Waals surface area contributed by atoms with Crippen LogP contribution < -0.4 is 5.32 Å². The van der Waals surface area contributed by atoms with Crippen molar-refractivity contribution in [3.8, 4) is 0 Å². The molecule has 4 heteroatoms. The van der Waals surface area contributed by atoms with Crippen LogP contribution in [0.1, 0.15) is 37.3 Å². The Hall–Kier alpha value is -2.10. The van der Waals surface area contributed by atoms with Crippen LogP contribution in [0, 0.1) is 11.8 Å². The number of nitrogens with one attached hydrogen (secondary N) is 1. The molecule has 1 N–H and O–H groups in total. The molecule has 0 aromatic carbocycles. The summed E-state index contributed by atoms with van der Waals surface area (Å²) in [4.78, 5) is 18.9. The van der Waals surface area contributed by atoms with E-state index in [1.807, 2.05) is 17.2 Å². The van der Waals surface area contributed by atoms with Gasteiger partial charge >= 0.3 is 0 Å². The van der Waals surface area contributed by atoms with Crippen LogP contribution in [-0.4, -0.2) is 35.4 Å². The van der Waals surface area contributed by atoms with Gasteiger partial charge in [0, 0.05) is 31.9 Å². The molecule has 126 valence electrons. The molecule has 1 aliphatic carbocycles.